The summed E-state index contributed by atoms with van der Waals surface area (Å²) in [5.41, 5.74) is 0.694. The maximum atomic E-state index is 11.2. The molecule has 8 nitrogen and oxygen atoms in total. The van der Waals surface area contributed by atoms with Crippen LogP contribution in [0.25, 0.3) is 11.5 Å². The Bertz CT molecular complexity index is 654. The summed E-state index contributed by atoms with van der Waals surface area (Å²) in [5, 5.41) is 20.8. The summed E-state index contributed by atoms with van der Waals surface area (Å²) in [7, 11) is 1.90. The van der Waals surface area contributed by atoms with Gasteiger partial charge >= 0.3 is 5.97 Å². The van der Waals surface area contributed by atoms with Crippen LogP contribution in [0.2, 0.25) is 0 Å². The van der Waals surface area contributed by atoms with E-state index in [4.69, 9.17) is 0 Å². The molecule has 2 aromatic rings. The first kappa shape index (κ1) is 14.5. The maximum absolute atomic E-state index is 11.2. The number of hydrogen-bond acceptors (Lipinski definition) is 6. The molecule has 2 aromatic heterocycles. The Morgan fingerprint density at radius 1 is 1.41 bits per heavy atom. The molecule has 0 aliphatic carbocycles. The lowest BCUT2D eigenvalue weighted by atomic mass is 10.1. The number of aliphatic carboxylic acids is 1. The van der Waals surface area contributed by atoms with E-state index in [1.807, 2.05) is 34.8 Å². The fourth-order valence-electron chi connectivity index (χ4n) is 2.51. The maximum Gasteiger partial charge on any atom is 0.309 e. The van der Waals surface area contributed by atoms with Gasteiger partial charge in [-0.2, -0.15) is 0 Å². The van der Waals surface area contributed by atoms with Crippen molar-refractivity contribution in [3.8, 4) is 11.5 Å². The Labute approximate surface area is 127 Å². The molecule has 1 aliphatic rings. The number of hydrogen-bond donors (Lipinski definition) is 2. The standard InChI is InChI=1S/C14H18N6O2/c1-19-6-5-16-13(19)11-2-3-12(18-17-11)20-7-4-15-8-10(9-20)14(21)22/h2-3,5-6,10,15H,4,7-9H2,1H3,(H,21,22). The molecule has 1 aliphatic heterocycles. The number of rotatable bonds is 3. The molecule has 2 N–H and O–H groups in total. The van der Waals surface area contributed by atoms with E-state index in [1.54, 1.807) is 6.20 Å². The van der Waals surface area contributed by atoms with E-state index in [2.05, 4.69) is 20.5 Å². The van der Waals surface area contributed by atoms with Gasteiger partial charge in [0.05, 0.1) is 5.92 Å². The van der Waals surface area contributed by atoms with E-state index in [0.717, 1.165) is 12.4 Å². The highest BCUT2D eigenvalue weighted by Crippen LogP contribution is 2.18. The van der Waals surface area contributed by atoms with Crippen LogP contribution in [0.15, 0.2) is 24.5 Å². The summed E-state index contributed by atoms with van der Waals surface area (Å²) in [6, 6.07) is 3.72. The minimum absolute atomic E-state index is 0.429. The van der Waals surface area contributed by atoms with Gasteiger partial charge in [0.2, 0.25) is 0 Å². The third kappa shape index (κ3) is 2.91. The van der Waals surface area contributed by atoms with Gasteiger partial charge in [0.1, 0.15) is 5.69 Å². The van der Waals surface area contributed by atoms with Crippen molar-refractivity contribution in [2.75, 3.05) is 31.1 Å². The molecule has 1 saturated heterocycles. The van der Waals surface area contributed by atoms with Gasteiger partial charge < -0.3 is 19.9 Å². The van der Waals surface area contributed by atoms with E-state index in [-0.39, 0.29) is 0 Å². The number of carboxylic acids is 1. The second-order valence-corrected chi connectivity index (χ2v) is 5.32. The number of nitrogens with zero attached hydrogens (tertiary/aromatic N) is 5. The molecule has 8 heteroatoms. The molecule has 0 aromatic carbocycles. The Morgan fingerprint density at radius 2 is 2.27 bits per heavy atom. The van der Waals surface area contributed by atoms with Gasteiger partial charge in [-0.25, -0.2) is 4.98 Å². The van der Waals surface area contributed by atoms with Crippen molar-refractivity contribution in [3.63, 3.8) is 0 Å². The SMILES string of the molecule is Cn1ccnc1-c1ccc(N2CCNCC(C(=O)O)C2)nn1. The fraction of sp³-hybridized carbons (Fsp3) is 0.429. The van der Waals surface area contributed by atoms with Gasteiger partial charge in [-0.3, -0.25) is 4.79 Å². The smallest absolute Gasteiger partial charge is 0.309 e. The number of nitrogens with one attached hydrogen (secondary N) is 1. The molecule has 1 atom stereocenters. The molecule has 3 heterocycles. The molecule has 0 bridgehead atoms. The first-order valence-electron chi connectivity index (χ1n) is 7.15. The number of aryl methyl sites for hydroxylation is 1. The predicted molar refractivity (Wildman–Crippen MR) is 80.4 cm³/mol. The lowest BCUT2D eigenvalue weighted by Gasteiger charge is -2.22. The highest BCUT2D eigenvalue weighted by Gasteiger charge is 2.24. The van der Waals surface area contributed by atoms with Crippen molar-refractivity contribution in [1.82, 2.24) is 25.1 Å². The third-order valence-corrected chi connectivity index (χ3v) is 3.76. The molecule has 3 rings (SSSR count). The zero-order valence-corrected chi connectivity index (χ0v) is 12.3. The topological polar surface area (TPSA) is 96.2 Å². The van der Waals surface area contributed by atoms with E-state index < -0.39 is 11.9 Å². The van der Waals surface area contributed by atoms with Crippen molar-refractivity contribution < 1.29 is 9.90 Å². The van der Waals surface area contributed by atoms with E-state index in [0.29, 0.717) is 31.1 Å². The molecule has 116 valence electrons. The Hall–Kier alpha value is -2.48. The second-order valence-electron chi connectivity index (χ2n) is 5.32. The number of carboxylic acid groups (broad SMARTS) is 1. The number of imidazole rings is 1. The molecule has 0 saturated carbocycles. The predicted octanol–water partition coefficient (Wildman–Crippen LogP) is -0.0125. The van der Waals surface area contributed by atoms with Crippen molar-refractivity contribution in [3.05, 3.63) is 24.5 Å². The van der Waals surface area contributed by atoms with Crippen LogP contribution in [-0.2, 0) is 11.8 Å². The van der Waals surface area contributed by atoms with Gasteiger partial charge in [-0.05, 0) is 12.1 Å². The minimum atomic E-state index is -0.794. The Morgan fingerprint density at radius 3 is 2.91 bits per heavy atom. The fourth-order valence-corrected chi connectivity index (χ4v) is 2.51. The van der Waals surface area contributed by atoms with Crippen LogP contribution in [-0.4, -0.2) is 57.0 Å². The Balaban J connectivity index is 1.80. The minimum Gasteiger partial charge on any atom is -0.481 e. The first-order chi connectivity index (χ1) is 10.6. The van der Waals surface area contributed by atoms with E-state index >= 15 is 0 Å². The van der Waals surface area contributed by atoms with E-state index in [9.17, 15) is 9.90 Å². The van der Waals surface area contributed by atoms with Crippen LogP contribution in [0.1, 0.15) is 0 Å². The number of aromatic nitrogens is 4. The summed E-state index contributed by atoms with van der Waals surface area (Å²) >= 11 is 0. The van der Waals surface area contributed by atoms with Crippen molar-refractivity contribution in [1.29, 1.82) is 0 Å². The van der Waals surface area contributed by atoms with E-state index in [1.165, 1.54) is 0 Å². The van der Waals surface area contributed by atoms with Crippen LogP contribution in [0.3, 0.4) is 0 Å². The highest BCUT2D eigenvalue weighted by molar-refractivity contribution is 5.71. The summed E-state index contributed by atoms with van der Waals surface area (Å²) in [5.74, 6) is 0.198. The van der Waals surface area contributed by atoms with Gasteiger partial charge in [-0.15, -0.1) is 10.2 Å². The quantitative estimate of drug-likeness (QED) is 0.823. The average Bonchev–Trinajstić information content (AvgIpc) is 2.80. The van der Waals surface area contributed by atoms with Gasteiger partial charge in [0, 0.05) is 45.6 Å². The lowest BCUT2D eigenvalue weighted by molar-refractivity contribution is -0.141. The average molecular weight is 302 g/mol. The molecular formula is C14H18N6O2. The zero-order valence-electron chi connectivity index (χ0n) is 12.3. The normalized spacial score (nSPS) is 19.0. The Kier molecular flexibility index (Phi) is 4.01. The van der Waals surface area contributed by atoms with Crippen LogP contribution in [0, 0.1) is 5.92 Å². The molecule has 0 amide bonds. The van der Waals surface area contributed by atoms with Crippen LogP contribution < -0.4 is 10.2 Å². The van der Waals surface area contributed by atoms with Gasteiger partial charge in [0.15, 0.2) is 11.6 Å². The van der Waals surface area contributed by atoms with Crippen LogP contribution in [0.5, 0.6) is 0 Å². The van der Waals surface area contributed by atoms with Crippen molar-refractivity contribution >= 4 is 11.8 Å². The number of anilines is 1. The number of carbonyl (C=O) groups is 1. The monoisotopic (exact) mass is 302 g/mol. The van der Waals surface area contributed by atoms with Crippen LogP contribution in [0.4, 0.5) is 5.82 Å². The first-order valence-corrected chi connectivity index (χ1v) is 7.15. The van der Waals surface area contributed by atoms with Crippen molar-refractivity contribution in [2.45, 2.75) is 0 Å². The van der Waals surface area contributed by atoms with Crippen LogP contribution >= 0.6 is 0 Å². The third-order valence-electron chi connectivity index (χ3n) is 3.76. The molecule has 22 heavy (non-hydrogen) atoms. The highest BCUT2D eigenvalue weighted by atomic mass is 16.4. The lowest BCUT2D eigenvalue weighted by Crippen LogP contribution is -2.34. The molecule has 0 spiro atoms. The molecule has 1 fully saturated rings. The summed E-state index contributed by atoms with van der Waals surface area (Å²) in [4.78, 5) is 17.4. The van der Waals surface area contributed by atoms with Gasteiger partial charge in [0.25, 0.3) is 0 Å². The zero-order chi connectivity index (χ0) is 15.5. The summed E-state index contributed by atoms with van der Waals surface area (Å²) in [6.07, 6.45) is 3.56. The van der Waals surface area contributed by atoms with Crippen molar-refractivity contribution in [2.24, 2.45) is 13.0 Å². The molecule has 0 radical (unpaired) electrons. The molecular weight excluding hydrogens is 284 g/mol. The summed E-state index contributed by atoms with van der Waals surface area (Å²) < 4.78 is 1.87. The summed E-state index contributed by atoms with van der Waals surface area (Å²) in [6.45, 7) is 2.34. The van der Waals surface area contributed by atoms with Gasteiger partial charge in [-0.1, -0.05) is 0 Å². The largest absolute Gasteiger partial charge is 0.481 e. The second kappa shape index (κ2) is 6.10. The molecule has 1 unspecified atom stereocenters.